The molecule has 2 aromatic carbocycles. The molecule has 188 valence electrons. The highest BCUT2D eigenvalue weighted by atomic mass is 32.2. The summed E-state index contributed by atoms with van der Waals surface area (Å²) in [7, 11) is -3.29. The van der Waals surface area contributed by atoms with Crippen LogP contribution in [0.3, 0.4) is 0 Å². The van der Waals surface area contributed by atoms with E-state index in [-0.39, 0.29) is 29.3 Å². The van der Waals surface area contributed by atoms with E-state index in [4.69, 9.17) is 0 Å². The summed E-state index contributed by atoms with van der Waals surface area (Å²) in [6.07, 6.45) is 0.920. The second-order valence-electron chi connectivity index (χ2n) is 10.4. The van der Waals surface area contributed by atoms with Gasteiger partial charge in [0.15, 0.2) is 9.84 Å². The molecule has 0 fully saturated rings. The van der Waals surface area contributed by atoms with E-state index in [1.165, 1.54) is 12.1 Å². The molecular weight excluding hydrogens is 497 g/mol. The van der Waals surface area contributed by atoms with Gasteiger partial charge in [0.1, 0.15) is 5.82 Å². The maximum absolute atomic E-state index is 13.6. The number of amides is 1. The van der Waals surface area contributed by atoms with Gasteiger partial charge in [0, 0.05) is 25.0 Å². The summed E-state index contributed by atoms with van der Waals surface area (Å²) in [5.74, 6) is -0.802. The number of sulfone groups is 1. The monoisotopic (exact) mass is 525 g/mol. The lowest BCUT2D eigenvalue weighted by atomic mass is 9.86. The topological polar surface area (TPSA) is 90.3 Å². The normalized spacial score (nSPS) is 24.2. The second kappa shape index (κ2) is 9.33. The van der Waals surface area contributed by atoms with Crippen LogP contribution in [0.1, 0.15) is 37.0 Å². The first-order valence-electron chi connectivity index (χ1n) is 12.0. The number of fused-ring (bicyclic) bond motifs is 1. The molecular formula is C27H28FN3O3S2. The summed E-state index contributed by atoms with van der Waals surface area (Å²) in [4.78, 5) is 16.7. The van der Waals surface area contributed by atoms with Gasteiger partial charge < -0.3 is 5.32 Å². The maximum atomic E-state index is 13.6. The number of nitrogens with one attached hydrogen (secondary N) is 1. The molecule has 1 N–H and O–H groups in total. The van der Waals surface area contributed by atoms with Crippen molar-refractivity contribution in [3.8, 4) is 6.07 Å². The lowest BCUT2D eigenvalue weighted by molar-refractivity contribution is -0.120. The van der Waals surface area contributed by atoms with Gasteiger partial charge >= 0.3 is 0 Å². The van der Waals surface area contributed by atoms with Crippen LogP contribution in [0.25, 0.3) is 0 Å². The smallest absolute Gasteiger partial charge is 0.225 e. The first-order chi connectivity index (χ1) is 17.1. The Morgan fingerprint density at radius 2 is 2.06 bits per heavy atom. The molecule has 3 aliphatic rings. The number of nitriles is 1. The summed E-state index contributed by atoms with van der Waals surface area (Å²) >= 11 is 1.56. The third kappa shape index (κ3) is 4.82. The minimum atomic E-state index is -3.29. The van der Waals surface area contributed by atoms with Gasteiger partial charge in [0.05, 0.1) is 34.4 Å². The fourth-order valence-electron chi connectivity index (χ4n) is 5.44. The molecule has 6 nitrogen and oxygen atoms in total. The van der Waals surface area contributed by atoms with Crippen molar-refractivity contribution in [1.29, 1.82) is 5.26 Å². The van der Waals surface area contributed by atoms with Crippen molar-refractivity contribution in [1.82, 2.24) is 10.2 Å². The van der Waals surface area contributed by atoms with Gasteiger partial charge in [-0.25, -0.2) is 12.8 Å². The first-order valence-corrected chi connectivity index (χ1v) is 14.5. The van der Waals surface area contributed by atoms with Crippen LogP contribution in [-0.4, -0.2) is 43.4 Å². The molecule has 0 aromatic heterocycles. The molecule has 0 bridgehead atoms. The van der Waals surface area contributed by atoms with Crippen LogP contribution in [0.4, 0.5) is 4.39 Å². The number of benzene rings is 2. The Labute approximate surface area is 215 Å². The largest absolute Gasteiger partial charge is 0.342 e. The molecule has 1 amide bonds. The predicted octanol–water partition coefficient (Wildman–Crippen LogP) is 3.92. The van der Waals surface area contributed by atoms with Gasteiger partial charge in [0.25, 0.3) is 0 Å². The van der Waals surface area contributed by atoms with Crippen LogP contribution in [0.5, 0.6) is 0 Å². The average molecular weight is 526 g/mol. The standard InChI is InChI=1S/C27H28FN3O3S2/c1-27(2)16-36(33,34)24-7-6-17(11-22(24)27)12-25(32)30-26-20(13-29)21-15-31(9-8-23(21)35-26)14-18-4-3-5-19(28)10-18/h3-7,10-11,20,26H,8-9,12,14-16H2,1-2H3,(H,30,32). The average Bonchev–Trinajstić information content (AvgIpc) is 3.22. The van der Waals surface area contributed by atoms with Gasteiger partial charge in [-0.15, -0.1) is 11.8 Å². The van der Waals surface area contributed by atoms with Crippen molar-refractivity contribution >= 4 is 27.5 Å². The molecule has 9 heteroatoms. The van der Waals surface area contributed by atoms with Crippen LogP contribution < -0.4 is 5.32 Å². The van der Waals surface area contributed by atoms with Gasteiger partial charge in [-0.1, -0.05) is 38.1 Å². The molecule has 3 heterocycles. The molecule has 2 atom stereocenters. The number of hydrogen-bond donors (Lipinski definition) is 1. The summed E-state index contributed by atoms with van der Waals surface area (Å²) < 4.78 is 38.4. The third-order valence-corrected chi connectivity index (χ3v) is 10.6. The summed E-state index contributed by atoms with van der Waals surface area (Å²) in [5.41, 5.74) is 2.96. The van der Waals surface area contributed by atoms with E-state index in [2.05, 4.69) is 16.3 Å². The van der Waals surface area contributed by atoms with Crippen molar-refractivity contribution in [3.63, 3.8) is 0 Å². The highest BCUT2D eigenvalue weighted by Gasteiger charge is 2.41. The summed E-state index contributed by atoms with van der Waals surface area (Å²) in [5, 5.41) is 12.6. The summed E-state index contributed by atoms with van der Waals surface area (Å²) in [6, 6.07) is 14.1. The van der Waals surface area contributed by atoms with E-state index in [1.54, 1.807) is 30.0 Å². The van der Waals surface area contributed by atoms with E-state index in [0.717, 1.165) is 40.1 Å². The van der Waals surface area contributed by atoms with Crippen molar-refractivity contribution in [3.05, 3.63) is 75.5 Å². The Balaban J connectivity index is 1.24. The minimum Gasteiger partial charge on any atom is -0.342 e. The molecule has 0 aliphatic carbocycles. The van der Waals surface area contributed by atoms with Gasteiger partial charge in [-0.05, 0) is 51.8 Å². The van der Waals surface area contributed by atoms with E-state index in [0.29, 0.717) is 18.0 Å². The molecule has 5 rings (SSSR count). The van der Waals surface area contributed by atoms with Gasteiger partial charge in [-0.2, -0.15) is 5.26 Å². The fraction of sp³-hybridized carbons (Fsp3) is 0.407. The SMILES string of the molecule is CC1(C)CS(=O)(=O)c2ccc(CC(=O)NC3SC4=C(CN(Cc5cccc(F)c5)CC4)C3C#N)cc21. The van der Waals surface area contributed by atoms with Crippen molar-refractivity contribution in [2.75, 3.05) is 18.8 Å². The number of rotatable bonds is 5. The Morgan fingerprint density at radius 1 is 1.25 bits per heavy atom. The highest BCUT2D eigenvalue weighted by Crippen LogP contribution is 2.45. The summed E-state index contributed by atoms with van der Waals surface area (Å²) in [6.45, 7) is 5.85. The lowest BCUT2D eigenvalue weighted by Gasteiger charge is -2.28. The number of carbonyl (C=O) groups is 1. The molecule has 36 heavy (non-hydrogen) atoms. The van der Waals surface area contributed by atoms with E-state index in [1.807, 2.05) is 26.0 Å². The molecule has 0 saturated carbocycles. The molecule has 2 unspecified atom stereocenters. The van der Waals surface area contributed by atoms with Crippen LogP contribution in [0, 0.1) is 23.1 Å². The number of nitrogens with zero attached hydrogens (tertiary/aromatic N) is 2. The Morgan fingerprint density at radius 3 is 2.81 bits per heavy atom. The van der Waals surface area contributed by atoms with Crippen LogP contribution in [0.2, 0.25) is 0 Å². The minimum absolute atomic E-state index is 0.0704. The van der Waals surface area contributed by atoms with Crippen LogP contribution >= 0.6 is 11.8 Å². The lowest BCUT2D eigenvalue weighted by Crippen LogP contribution is -2.38. The molecule has 2 aromatic rings. The molecule has 0 saturated heterocycles. The highest BCUT2D eigenvalue weighted by molar-refractivity contribution is 8.04. The molecule has 0 radical (unpaired) electrons. The van der Waals surface area contributed by atoms with Gasteiger partial charge in [-0.3, -0.25) is 9.69 Å². The van der Waals surface area contributed by atoms with Gasteiger partial charge in [0.2, 0.25) is 5.91 Å². The van der Waals surface area contributed by atoms with Crippen LogP contribution in [-0.2, 0) is 33.0 Å². The number of thioether (sulfide) groups is 1. The Hall–Kier alpha value is -2.67. The Kier molecular flexibility index (Phi) is 6.48. The third-order valence-electron chi connectivity index (χ3n) is 7.12. The van der Waals surface area contributed by atoms with Crippen molar-refractivity contribution in [2.45, 2.75) is 48.9 Å². The Bertz CT molecular complexity index is 1410. The zero-order valence-electron chi connectivity index (χ0n) is 20.3. The number of hydrogen-bond acceptors (Lipinski definition) is 6. The number of carbonyl (C=O) groups excluding carboxylic acids is 1. The zero-order valence-corrected chi connectivity index (χ0v) is 21.9. The van der Waals surface area contributed by atoms with Crippen LogP contribution in [0.15, 0.2) is 57.8 Å². The fourth-order valence-corrected chi connectivity index (χ4v) is 9.06. The zero-order chi connectivity index (χ0) is 25.7. The molecule has 3 aliphatic heterocycles. The van der Waals surface area contributed by atoms with Crippen molar-refractivity contribution in [2.24, 2.45) is 5.92 Å². The van der Waals surface area contributed by atoms with Crippen molar-refractivity contribution < 1.29 is 17.6 Å². The second-order valence-corrected chi connectivity index (χ2v) is 13.6. The first kappa shape index (κ1) is 25.0. The number of halogens is 1. The van der Waals surface area contributed by atoms with E-state index in [9.17, 15) is 22.9 Å². The quantitative estimate of drug-likeness (QED) is 0.637. The molecule has 0 spiro atoms. The maximum Gasteiger partial charge on any atom is 0.225 e. The predicted molar refractivity (Wildman–Crippen MR) is 137 cm³/mol. The van der Waals surface area contributed by atoms with E-state index >= 15 is 0 Å². The van der Waals surface area contributed by atoms with E-state index < -0.39 is 21.2 Å².